The van der Waals surface area contributed by atoms with Crippen LogP contribution in [-0.2, 0) is 9.53 Å². The van der Waals surface area contributed by atoms with Gasteiger partial charge in [-0.15, -0.1) is 11.3 Å². The molecule has 0 spiro atoms. The molecule has 0 aliphatic carbocycles. The van der Waals surface area contributed by atoms with Gasteiger partial charge in [-0.05, 0) is 53.9 Å². The van der Waals surface area contributed by atoms with Gasteiger partial charge in [0.15, 0.2) is 6.61 Å². The summed E-state index contributed by atoms with van der Waals surface area (Å²) in [5, 5.41) is 12.0. The summed E-state index contributed by atoms with van der Waals surface area (Å²) in [7, 11) is 0. The zero-order valence-electron chi connectivity index (χ0n) is 15.8. The molecule has 1 N–H and O–H groups in total. The van der Waals surface area contributed by atoms with Gasteiger partial charge in [-0.3, -0.25) is 4.79 Å². The van der Waals surface area contributed by atoms with Crippen LogP contribution in [0.3, 0.4) is 0 Å². The first-order chi connectivity index (χ1) is 14.7. The van der Waals surface area contributed by atoms with Crippen molar-refractivity contribution in [1.82, 2.24) is 0 Å². The van der Waals surface area contributed by atoms with Crippen molar-refractivity contribution in [3.8, 4) is 0 Å². The summed E-state index contributed by atoms with van der Waals surface area (Å²) in [5.41, 5.74) is 2.00. The van der Waals surface area contributed by atoms with Gasteiger partial charge >= 0.3 is 5.97 Å². The van der Waals surface area contributed by atoms with E-state index in [4.69, 9.17) is 4.74 Å². The van der Waals surface area contributed by atoms with Gasteiger partial charge in [0.2, 0.25) is 0 Å². The number of fused-ring (bicyclic) bond motifs is 1. The third-order valence-electron chi connectivity index (χ3n) is 4.15. The average Bonchev–Trinajstić information content (AvgIpc) is 3.22. The monoisotopic (exact) mass is 415 g/mol. The molecule has 30 heavy (non-hydrogen) atoms. The lowest BCUT2D eigenvalue weighted by Gasteiger charge is -2.06. The van der Waals surface area contributed by atoms with E-state index in [0.29, 0.717) is 16.3 Å². The maximum atomic E-state index is 12.2. The molecule has 1 heterocycles. The minimum absolute atomic E-state index is 0.359. The molecule has 1 amide bonds. The van der Waals surface area contributed by atoms with Crippen LogP contribution in [0.4, 0.5) is 17.1 Å². The highest BCUT2D eigenvalue weighted by Gasteiger charge is 2.13. The first-order valence-electron chi connectivity index (χ1n) is 9.20. The van der Waals surface area contributed by atoms with Crippen molar-refractivity contribution in [1.29, 1.82) is 0 Å². The van der Waals surface area contributed by atoms with Crippen LogP contribution in [0, 0.1) is 0 Å². The standard InChI is InChI=1S/C23H17N3O3S/c27-22(15-29-23(28)21-14-16-6-4-5-9-20(16)30-21)24-17-10-12-19(13-11-17)26-25-18-7-2-1-3-8-18/h1-14H,15H2,(H,24,27). The molecule has 6 nitrogen and oxygen atoms in total. The van der Waals surface area contributed by atoms with Gasteiger partial charge in [0.25, 0.3) is 5.91 Å². The maximum absolute atomic E-state index is 12.2. The van der Waals surface area contributed by atoms with Gasteiger partial charge in [-0.25, -0.2) is 4.79 Å². The Balaban J connectivity index is 1.29. The number of anilines is 1. The third kappa shape index (κ3) is 4.95. The quantitative estimate of drug-likeness (QED) is 0.305. The van der Waals surface area contributed by atoms with E-state index in [0.717, 1.165) is 15.8 Å². The van der Waals surface area contributed by atoms with Crippen LogP contribution in [0.5, 0.6) is 0 Å². The van der Waals surface area contributed by atoms with Crippen molar-refractivity contribution >= 4 is 50.4 Å². The molecule has 0 unspecified atom stereocenters. The number of rotatable bonds is 6. The first kappa shape index (κ1) is 19.5. The van der Waals surface area contributed by atoms with Crippen molar-refractivity contribution in [2.45, 2.75) is 0 Å². The Hall–Kier alpha value is -3.84. The average molecular weight is 415 g/mol. The van der Waals surface area contributed by atoms with E-state index < -0.39 is 11.9 Å². The van der Waals surface area contributed by atoms with Crippen LogP contribution in [0.25, 0.3) is 10.1 Å². The minimum atomic E-state index is -0.511. The lowest BCUT2D eigenvalue weighted by molar-refractivity contribution is -0.119. The Morgan fingerprint density at radius 3 is 2.23 bits per heavy atom. The Morgan fingerprint density at radius 1 is 0.833 bits per heavy atom. The molecule has 148 valence electrons. The second-order valence-electron chi connectivity index (χ2n) is 6.36. The highest BCUT2D eigenvalue weighted by Crippen LogP contribution is 2.26. The molecular weight excluding hydrogens is 398 g/mol. The van der Waals surface area contributed by atoms with Gasteiger partial charge < -0.3 is 10.1 Å². The largest absolute Gasteiger partial charge is 0.451 e. The summed E-state index contributed by atoms with van der Waals surface area (Å²) in [6.07, 6.45) is 0. The summed E-state index contributed by atoms with van der Waals surface area (Å²) in [5.74, 6) is -0.925. The number of amides is 1. The summed E-state index contributed by atoms with van der Waals surface area (Å²) in [6.45, 7) is -0.359. The molecule has 4 rings (SSSR count). The van der Waals surface area contributed by atoms with Crippen molar-refractivity contribution < 1.29 is 14.3 Å². The number of benzene rings is 3. The zero-order valence-corrected chi connectivity index (χ0v) is 16.6. The molecule has 4 aromatic rings. The van der Waals surface area contributed by atoms with E-state index in [9.17, 15) is 9.59 Å². The van der Waals surface area contributed by atoms with E-state index in [1.165, 1.54) is 11.3 Å². The number of nitrogens with one attached hydrogen (secondary N) is 1. The topological polar surface area (TPSA) is 80.1 Å². The number of nitrogens with zero attached hydrogens (tertiary/aromatic N) is 2. The van der Waals surface area contributed by atoms with Crippen LogP contribution in [-0.4, -0.2) is 18.5 Å². The Labute approximate surface area is 176 Å². The second-order valence-corrected chi connectivity index (χ2v) is 7.44. The molecule has 0 aliphatic heterocycles. The van der Waals surface area contributed by atoms with Crippen LogP contribution < -0.4 is 5.32 Å². The SMILES string of the molecule is O=C(COC(=O)c1cc2ccccc2s1)Nc1ccc(N=Nc2ccccc2)cc1. The molecule has 3 aromatic carbocycles. The number of hydrogen-bond acceptors (Lipinski definition) is 6. The number of carbonyl (C=O) groups excluding carboxylic acids is 2. The summed E-state index contributed by atoms with van der Waals surface area (Å²) < 4.78 is 6.13. The van der Waals surface area contributed by atoms with E-state index in [2.05, 4.69) is 15.5 Å². The fraction of sp³-hybridized carbons (Fsp3) is 0.0435. The molecule has 0 fully saturated rings. The number of hydrogen-bond donors (Lipinski definition) is 1. The third-order valence-corrected chi connectivity index (χ3v) is 5.25. The molecule has 0 aliphatic rings. The minimum Gasteiger partial charge on any atom is -0.451 e. The Bertz CT molecular complexity index is 1170. The van der Waals surface area contributed by atoms with Gasteiger partial charge in [-0.1, -0.05) is 36.4 Å². The summed E-state index contributed by atoms with van der Waals surface area (Å²) in [6, 6.07) is 25.8. The van der Waals surface area contributed by atoms with Crippen LogP contribution in [0.1, 0.15) is 9.67 Å². The Kier molecular flexibility index (Phi) is 5.91. The summed E-state index contributed by atoms with van der Waals surface area (Å²) in [4.78, 5) is 24.7. The molecule has 0 saturated heterocycles. The van der Waals surface area contributed by atoms with E-state index in [-0.39, 0.29) is 6.61 Å². The molecule has 0 saturated carbocycles. The van der Waals surface area contributed by atoms with Gasteiger partial charge in [0.1, 0.15) is 4.88 Å². The van der Waals surface area contributed by atoms with Crippen molar-refractivity contribution in [3.05, 3.63) is 89.8 Å². The van der Waals surface area contributed by atoms with Gasteiger partial charge in [0, 0.05) is 10.4 Å². The Morgan fingerprint density at radius 2 is 1.50 bits per heavy atom. The molecule has 0 atom stereocenters. The molecule has 0 bridgehead atoms. The lowest BCUT2D eigenvalue weighted by Crippen LogP contribution is -2.20. The fourth-order valence-electron chi connectivity index (χ4n) is 2.70. The highest BCUT2D eigenvalue weighted by molar-refractivity contribution is 7.20. The van der Waals surface area contributed by atoms with Crippen molar-refractivity contribution in [2.75, 3.05) is 11.9 Å². The molecule has 0 radical (unpaired) electrons. The predicted molar refractivity (Wildman–Crippen MR) is 118 cm³/mol. The number of esters is 1. The normalized spacial score (nSPS) is 10.9. The number of ether oxygens (including phenoxy) is 1. The fourth-order valence-corrected chi connectivity index (χ4v) is 3.66. The van der Waals surface area contributed by atoms with Gasteiger partial charge in [-0.2, -0.15) is 10.2 Å². The van der Waals surface area contributed by atoms with Crippen molar-refractivity contribution in [3.63, 3.8) is 0 Å². The van der Waals surface area contributed by atoms with Gasteiger partial charge in [0.05, 0.1) is 11.4 Å². The summed E-state index contributed by atoms with van der Waals surface area (Å²) >= 11 is 1.34. The predicted octanol–water partition coefficient (Wildman–Crippen LogP) is 6.11. The lowest BCUT2D eigenvalue weighted by atomic mass is 10.2. The molecule has 1 aromatic heterocycles. The number of azo groups is 1. The van der Waals surface area contributed by atoms with E-state index in [1.54, 1.807) is 30.3 Å². The molecular formula is C23H17N3O3S. The zero-order chi connectivity index (χ0) is 20.8. The van der Waals surface area contributed by atoms with Crippen LogP contribution in [0.2, 0.25) is 0 Å². The van der Waals surface area contributed by atoms with Crippen molar-refractivity contribution in [2.24, 2.45) is 10.2 Å². The molecule has 7 heteroatoms. The number of carbonyl (C=O) groups is 2. The van der Waals surface area contributed by atoms with E-state index >= 15 is 0 Å². The number of thiophene rings is 1. The smallest absolute Gasteiger partial charge is 0.348 e. The first-order valence-corrected chi connectivity index (χ1v) is 10.0. The second kappa shape index (κ2) is 9.11. The van der Waals surface area contributed by atoms with Crippen LogP contribution >= 0.6 is 11.3 Å². The van der Waals surface area contributed by atoms with E-state index in [1.807, 2.05) is 54.6 Å². The van der Waals surface area contributed by atoms with Crippen LogP contribution in [0.15, 0.2) is 95.2 Å². The highest BCUT2D eigenvalue weighted by atomic mass is 32.1. The maximum Gasteiger partial charge on any atom is 0.348 e.